The van der Waals surface area contributed by atoms with E-state index in [2.05, 4.69) is 5.32 Å². The van der Waals surface area contributed by atoms with Gasteiger partial charge in [-0.05, 0) is 25.0 Å². The maximum absolute atomic E-state index is 5.90. The monoisotopic (exact) mass is 292 g/mol. The van der Waals surface area contributed by atoms with Crippen molar-refractivity contribution in [1.29, 1.82) is 0 Å². The lowest BCUT2D eigenvalue weighted by Gasteiger charge is -2.06. The summed E-state index contributed by atoms with van der Waals surface area (Å²) in [4.78, 5) is 0. The third kappa shape index (κ3) is 6.45. The van der Waals surface area contributed by atoms with Crippen molar-refractivity contribution in [2.24, 2.45) is 0 Å². The van der Waals surface area contributed by atoms with Crippen molar-refractivity contribution in [3.8, 4) is 5.75 Å². The third-order valence-corrected chi connectivity index (χ3v) is 3.23. The number of rotatable bonds is 9. The van der Waals surface area contributed by atoms with Gasteiger partial charge in [-0.2, -0.15) is 0 Å². The van der Waals surface area contributed by atoms with E-state index in [1.165, 1.54) is 0 Å². The highest BCUT2D eigenvalue weighted by molar-refractivity contribution is 6.42. The Bertz CT molecular complexity index is 348. The van der Waals surface area contributed by atoms with Crippen LogP contribution in [0.2, 0.25) is 10.0 Å². The van der Waals surface area contributed by atoms with Gasteiger partial charge in [0.05, 0.1) is 36.3 Å². The van der Waals surface area contributed by atoms with Crippen LogP contribution < -0.4 is 10.1 Å². The molecule has 0 saturated carbocycles. The molecule has 1 aromatic rings. The van der Waals surface area contributed by atoms with E-state index in [4.69, 9.17) is 32.7 Å². The summed E-state index contributed by atoms with van der Waals surface area (Å²) in [5.41, 5.74) is 0. The number of benzene rings is 1. The summed E-state index contributed by atoms with van der Waals surface area (Å²) in [6.45, 7) is 3.63. The molecule has 0 spiro atoms. The van der Waals surface area contributed by atoms with Gasteiger partial charge in [-0.1, -0.05) is 23.2 Å². The molecule has 0 atom stereocenters. The molecule has 3 nitrogen and oxygen atoms in total. The lowest BCUT2D eigenvalue weighted by atomic mass is 10.3. The van der Waals surface area contributed by atoms with Crippen LogP contribution in [0.3, 0.4) is 0 Å². The van der Waals surface area contributed by atoms with Crippen LogP contribution in [0.4, 0.5) is 0 Å². The number of quaternary nitrogens is 1. The number of halogens is 2. The van der Waals surface area contributed by atoms with Crippen molar-refractivity contribution in [3.05, 3.63) is 28.2 Å². The summed E-state index contributed by atoms with van der Waals surface area (Å²) < 4.78 is 10.6. The molecule has 1 aromatic carbocycles. The zero-order chi connectivity index (χ0) is 13.2. The molecule has 0 fully saturated rings. The van der Waals surface area contributed by atoms with E-state index in [0.717, 1.165) is 38.3 Å². The molecule has 0 amide bonds. The molecule has 102 valence electrons. The van der Waals surface area contributed by atoms with E-state index in [9.17, 15) is 0 Å². The van der Waals surface area contributed by atoms with Crippen molar-refractivity contribution in [3.63, 3.8) is 0 Å². The highest BCUT2D eigenvalue weighted by Crippen LogP contribution is 2.26. The first-order valence-corrected chi connectivity index (χ1v) is 6.88. The first kappa shape index (κ1) is 15.6. The van der Waals surface area contributed by atoms with Gasteiger partial charge in [0.1, 0.15) is 5.75 Å². The zero-order valence-electron chi connectivity index (χ0n) is 10.6. The van der Waals surface area contributed by atoms with Gasteiger partial charge in [-0.3, -0.25) is 0 Å². The SMILES string of the molecule is COCC[NH2+]CCCCOc1ccc(Cl)c(Cl)c1. The Morgan fingerprint density at radius 2 is 1.89 bits per heavy atom. The first-order valence-electron chi connectivity index (χ1n) is 6.12. The number of hydrogen-bond donors (Lipinski definition) is 1. The molecule has 18 heavy (non-hydrogen) atoms. The van der Waals surface area contributed by atoms with Crippen molar-refractivity contribution in [2.75, 3.05) is 33.4 Å². The van der Waals surface area contributed by atoms with Crippen molar-refractivity contribution in [2.45, 2.75) is 12.8 Å². The molecule has 0 bridgehead atoms. The maximum atomic E-state index is 5.90. The van der Waals surface area contributed by atoms with Crippen LogP contribution in [-0.2, 0) is 4.74 Å². The Morgan fingerprint density at radius 3 is 2.61 bits per heavy atom. The predicted molar refractivity (Wildman–Crippen MR) is 74.7 cm³/mol. The molecule has 0 radical (unpaired) electrons. The van der Waals surface area contributed by atoms with Crippen LogP contribution in [0, 0.1) is 0 Å². The van der Waals surface area contributed by atoms with E-state index in [0.29, 0.717) is 16.7 Å². The van der Waals surface area contributed by atoms with Gasteiger partial charge in [0.25, 0.3) is 0 Å². The fraction of sp³-hybridized carbons (Fsp3) is 0.538. The molecular weight excluding hydrogens is 273 g/mol. The Morgan fingerprint density at radius 1 is 1.06 bits per heavy atom. The van der Waals surface area contributed by atoms with Gasteiger partial charge in [0.15, 0.2) is 0 Å². The highest BCUT2D eigenvalue weighted by Gasteiger charge is 2.00. The number of ether oxygens (including phenoxy) is 2. The molecule has 0 unspecified atom stereocenters. The smallest absolute Gasteiger partial charge is 0.120 e. The molecule has 0 heterocycles. The van der Waals surface area contributed by atoms with E-state index in [1.807, 2.05) is 6.07 Å². The van der Waals surface area contributed by atoms with Gasteiger partial charge in [0, 0.05) is 13.2 Å². The van der Waals surface area contributed by atoms with E-state index >= 15 is 0 Å². The van der Waals surface area contributed by atoms with Crippen LogP contribution in [0.25, 0.3) is 0 Å². The summed E-state index contributed by atoms with van der Waals surface area (Å²) in [6, 6.07) is 5.32. The van der Waals surface area contributed by atoms with Crippen molar-refractivity contribution in [1.82, 2.24) is 0 Å². The van der Waals surface area contributed by atoms with Crippen LogP contribution in [0.15, 0.2) is 18.2 Å². The number of nitrogens with two attached hydrogens (primary N) is 1. The summed E-state index contributed by atoms with van der Waals surface area (Å²) in [6.07, 6.45) is 2.16. The minimum atomic E-state index is 0.530. The first-order chi connectivity index (χ1) is 8.74. The quantitative estimate of drug-likeness (QED) is 0.709. The Balaban J connectivity index is 2.05. The van der Waals surface area contributed by atoms with Crippen LogP contribution in [-0.4, -0.2) is 33.4 Å². The lowest BCUT2D eigenvalue weighted by Crippen LogP contribution is -2.85. The summed E-state index contributed by atoms with van der Waals surface area (Å²) in [5, 5.41) is 3.33. The fourth-order valence-electron chi connectivity index (χ4n) is 1.49. The fourth-order valence-corrected chi connectivity index (χ4v) is 1.78. The Hall–Kier alpha value is -0.480. The summed E-state index contributed by atoms with van der Waals surface area (Å²) in [5.74, 6) is 0.771. The van der Waals surface area contributed by atoms with Gasteiger partial charge in [0.2, 0.25) is 0 Å². The molecular formula is C13H20Cl2NO2+. The molecule has 5 heteroatoms. The molecule has 0 saturated heterocycles. The van der Waals surface area contributed by atoms with Crippen LogP contribution >= 0.6 is 23.2 Å². The number of hydrogen-bond acceptors (Lipinski definition) is 2. The largest absolute Gasteiger partial charge is 0.494 e. The lowest BCUT2D eigenvalue weighted by molar-refractivity contribution is -0.656. The second kappa shape index (κ2) is 9.45. The molecule has 2 N–H and O–H groups in total. The van der Waals surface area contributed by atoms with Gasteiger partial charge in [-0.25, -0.2) is 0 Å². The standard InChI is InChI=1S/C13H19Cl2NO2/c1-17-9-7-16-6-2-3-8-18-11-4-5-12(14)13(15)10-11/h4-5,10,16H,2-3,6-9H2,1H3/p+1. The van der Waals surface area contributed by atoms with Crippen molar-refractivity contribution >= 4 is 23.2 Å². The number of methoxy groups -OCH3 is 1. The van der Waals surface area contributed by atoms with Crippen LogP contribution in [0.1, 0.15) is 12.8 Å². The van der Waals surface area contributed by atoms with Crippen molar-refractivity contribution < 1.29 is 14.8 Å². The highest BCUT2D eigenvalue weighted by atomic mass is 35.5. The molecule has 0 aromatic heterocycles. The van der Waals surface area contributed by atoms with Gasteiger partial charge >= 0.3 is 0 Å². The van der Waals surface area contributed by atoms with E-state index in [1.54, 1.807) is 19.2 Å². The molecule has 0 aliphatic heterocycles. The van der Waals surface area contributed by atoms with Crippen LogP contribution in [0.5, 0.6) is 5.75 Å². The van der Waals surface area contributed by atoms with Gasteiger partial charge < -0.3 is 14.8 Å². The predicted octanol–water partition coefficient (Wildman–Crippen LogP) is 2.36. The minimum Gasteiger partial charge on any atom is -0.494 e. The Kier molecular flexibility index (Phi) is 8.18. The summed E-state index contributed by atoms with van der Waals surface area (Å²) in [7, 11) is 1.72. The van der Waals surface area contributed by atoms with E-state index in [-0.39, 0.29) is 0 Å². The maximum Gasteiger partial charge on any atom is 0.120 e. The third-order valence-electron chi connectivity index (χ3n) is 2.49. The molecule has 1 rings (SSSR count). The van der Waals surface area contributed by atoms with Gasteiger partial charge in [-0.15, -0.1) is 0 Å². The minimum absolute atomic E-state index is 0.530. The Labute approximate surface area is 118 Å². The molecule has 0 aliphatic carbocycles. The average Bonchev–Trinajstić information content (AvgIpc) is 2.37. The second-order valence-corrected chi connectivity index (χ2v) is 4.80. The number of unbranched alkanes of at least 4 members (excludes halogenated alkanes) is 1. The topological polar surface area (TPSA) is 35.1 Å². The normalized spacial score (nSPS) is 10.6. The van der Waals surface area contributed by atoms with E-state index < -0.39 is 0 Å². The zero-order valence-corrected chi connectivity index (χ0v) is 12.1. The second-order valence-electron chi connectivity index (χ2n) is 3.99. The summed E-state index contributed by atoms with van der Waals surface area (Å²) >= 11 is 11.7. The molecule has 0 aliphatic rings. The average molecular weight is 293 g/mol.